The van der Waals surface area contributed by atoms with Crippen LogP contribution in [0, 0.1) is 0 Å². The van der Waals surface area contributed by atoms with Crippen molar-refractivity contribution in [1.29, 1.82) is 0 Å². The number of hydrogen-bond acceptors (Lipinski definition) is 2. The molecule has 0 aromatic heterocycles. The first-order chi connectivity index (χ1) is 6.08. The highest BCUT2D eigenvalue weighted by Gasteiger charge is 2.27. The van der Waals surface area contributed by atoms with E-state index in [1.54, 1.807) is 0 Å². The van der Waals surface area contributed by atoms with Gasteiger partial charge in [0.15, 0.2) is 0 Å². The molecular weight excluding hydrogens is 181 g/mol. The van der Waals surface area contributed by atoms with Gasteiger partial charge in [0, 0.05) is 19.6 Å². The second-order valence-corrected chi connectivity index (χ2v) is 3.31. The second kappa shape index (κ2) is 4.81. The van der Waals surface area contributed by atoms with E-state index >= 15 is 0 Å². The first-order valence-electron chi connectivity index (χ1n) is 4.58. The predicted octanol–water partition coefficient (Wildman–Crippen LogP) is 1.23. The molecule has 78 valence electrons. The first-order valence-corrected chi connectivity index (χ1v) is 4.58. The predicted molar refractivity (Wildman–Crippen MR) is 44.6 cm³/mol. The molecule has 0 aromatic carbocycles. The number of nitrogens with zero attached hydrogens (tertiary/aromatic N) is 1. The molecule has 0 amide bonds. The van der Waals surface area contributed by atoms with E-state index in [1.165, 1.54) is 0 Å². The molecule has 1 saturated heterocycles. The van der Waals surface area contributed by atoms with E-state index in [1.807, 2.05) is 4.90 Å². The fourth-order valence-electron chi connectivity index (χ4n) is 1.41. The molecule has 0 aromatic rings. The van der Waals surface area contributed by atoms with Gasteiger partial charge in [0.25, 0.3) is 0 Å². The fourth-order valence-corrected chi connectivity index (χ4v) is 1.41. The van der Waals surface area contributed by atoms with E-state index in [0.29, 0.717) is 0 Å². The molecule has 0 aliphatic carbocycles. The van der Waals surface area contributed by atoms with Gasteiger partial charge in [0.05, 0.1) is 6.42 Å². The van der Waals surface area contributed by atoms with Gasteiger partial charge < -0.3 is 10.2 Å². The van der Waals surface area contributed by atoms with E-state index in [9.17, 15) is 13.2 Å². The summed E-state index contributed by atoms with van der Waals surface area (Å²) in [6.45, 7) is 3.38. The van der Waals surface area contributed by atoms with Crippen molar-refractivity contribution in [1.82, 2.24) is 10.2 Å². The Balaban J connectivity index is 2.19. The van der Waals surface area contributed by atoms with Crippen LogP contribution in [-0.4, -0.2) is 43.8 Å². The maximum atomic E-state index is 11.9. The van der Waals surface area contributed by atoms with Crippen LogP contribution in [0.3, 0.4) is 0 Å². The quantitative estimate of drug-likeness (QED) is 0.714. The van der Waals surface area contributed by atoms with Crippen molar-refractivity contribution in [3.63, 3.8) is 0 Å². The largest absolute Gasteiger partial charge is 0.390 e. The summed E-state index contributed by atoms with van der Waals surface area (Å²) in [7, 11) is 0. The monoisotopic (exact) mass is 196 g/mol. The lowest BCUT2D eigenvalue weighted by molar-refractivity contribution is -0.137. The van der Waals surface area contributed by atoms with Gasteiger partial charge in [0.2, 0.25) is 0 Å². The zero-order chi connectivity index (χ0) is 9.73. The average molecular weight is 196 g/mol. The summed E-state index contributed by atoms with van der Waals surface area (Å²) in [5, 5.41) is 3.15. The minimum absolute atomic E-state index is 0.144. The molecule has 1 N–H and O–H groups in total. The van der Waals surface area contributed by atoms with Gasteiger partial charge in [-0.3, -0.25) is 0 Å². The number of halogens is 3. The van der Waals surface area contributed by atoms with E-state index in [2.05, 4.69) is 5.32 Å². The van der Waals surface area contributed by atoms with Crippen LogP contribution in [0.2, 0.25) is 0 Å². The normalized spacial score (nSPS) is 21.5. The molecule has 0 bridgehead atoms. The van der Waals surface area contributed by atoms with Crippen LogP contribution in [-0.2, 0) is 0 Å². The molecule has 13 heavy (non-hydrogen) atoms. The Labute approximate surface area is 76.1 Å². The Hall–Kier alpha value is -0.290. The molecule has 0 spiro atoms. The highest BCUT2D eigenvalue weighted by atomic mass is 19.4. The van der Waals surface area contributed by atoms with Gasteiger partial charge in [0.1, 0.15) is 0 Å². The third kappa shape index (κ3) is 5.10. The van der Waals surface area contributed by atoms with Gasteiger partial charge in [-0.1, -0.05) is 0 Å². The Morgan fingerprint density at radius 3 is 2.62 bits per heavy atom. The van der Waals surface area contributed by atoms with Crippen LogP contribution < -0.4 is 5.32 Å². The first kappa shape index (κ1) is 10.8. The molecule has 2 nitrogen and oxygen atoms in total. The van der Waals surface area contributed by atoms with Crippen molar-refractivity contribution in [2.45, 2.75) is 19.0 Å². The molecule has 0 radical (unpaired) electrons. The van der Waals surface area contributed by atoms with Gasteiger partial charge in [-0.2, -0.15) is 13.2 Å². The summed E-state index contributed by atoms with van der Waals surface area (Å²) in [5.41, 5.74) is 0. The standard InChI is InChI=1S/C8H15F3N2/c9-8(10,11)2-6-13-5-1-3-12-4-7-13/h12H,1-7H2. The van der Waals surface area contributed by atoms with Crippen LogP contribution in [0.15, 0.2) is 0 Å². The van der Waals surface area contributed by atoms with Crippen molar-refractivity contribution in [2.75, 3.05) is 32.7 Å². The van der Waals surface area contributed by atoms with E-state index < -0.39 is 12.6 Å². The van der Waals surface area contributed by atoms with Gasteiger partial charge in [-0.05, 0) is 19.5 Å². The number of rotatable bonds is 2. The van der Waals surface area contributed by atoms with Crippen LogP contribution in [0.4, 0.5) is 13.2 Å². The Morgan fingerprint density at radius 1 is 1.15 bits per heavy atom. The van der Waals surface area contributed by atoms with Crippen LogP contribution in [0.5, 0.6) is 0 Å². The molecule has 5 heteroatoms. The van der Waals surface area contributed by atoms with Gasteiger partial charge in [-0.15, -0.1) is 0 Å². The molecule has 0 atom stereocenters. The summed E-state index contributed by atoms with van der Waals surface area (Å²) in [4.78, 5) is 1.87. The Morgan fingerprint density at radius 2 is 1.92 bits per heavy atom. The average Bonchev–Trinajstić information content (AvgIpc) is 2.26. The van der Waals surface area contributed by atoms with Crippen molar-refractivity contribution in [2.24, 2.45) is 0 Å². The van der Waals surface area contributed by atoms with Gasteiger partial charge >= 0.3 is 6.18 Å². The number of nitrogens with one attached hydrogen (secondary N) is 1. The third-order valence-electron chi connectivity index (χ3n) is 2.14. The van der Waals surface area contributed by atoms with Gasteiger partial charge in [-0.25, -0.2) is 0 Å². The summed E-state index contributed by atoms with van der Waals surface area (Å²) in [6, 6.07) is 0. The zero-order valence-corrected chi connectivity index (χ0v) is 7.53. The summed E-state index contributed by atoms with van der Waals surface area (Å²) < 4.78 is 35.6. The minimum atomic E-state index is -4.01. The number of alkyl halides is 3. The van der Waals surface area contributed by atoms with E-state index in [-0.39, 0.29) is 6.54 Å². The Bertz CT molecular complexity index is 139. The molecule has 1 heterocycles. The molecule has 1 aliphatic rings. The SMILES string of the molecule is FC(F)(F)CCN1CCCNCC1. The highest BCUT2D eigenvalue weighted by Crippen LogP contribution is 2.19. The molecular formula is C8H15F3N2. The third-order valence-corrected chi connectivity index (χ3v) is 2.14. The van der Waals surface area contributed by atoms with E-state index in [4.69, 9.17) is 0 Å². The van der Waals surface area contributed by atoms with Crippen molar-refractivity contribution >= 4 is 0 Å². The maximum Gasteiger partial charge on any atom is 0.390 e. The Kier molecular flexibility index (Phi) is 3.99. The smallest absolute Gasteiger partial charge is 0.315 e. The van der Waals surface area contributed by atoms with Crippen LogP contribution in [0.1, 0.15) is 12.8 Å². The fraction of sp³-hybridized carbons (Fsp3) is 1.00. The summed E-state index contributed by atoms with van der Waals surface area (Å²) in [5.74, 6) is 0. The van der Waals surface area contributed by atoms with Crippen molar-refractivity contribution < 1.29 is 13.2 Å². The molecule has 0 saturated carbocycles. The molecule has 1 fully saturated rings. The van der Waals surface area contributed by atoms with E-state index in [0.717, 1.165) is 32.6 Å². The second-order valence-electron chi connectivity index (χ2n) is 3.31. The topological polar surface area (TPSA) is 15.3 Å². The lowest BCUT2D eigenvalue weighted by Gasteiger charge is -2.19. The van der Waals surface area contributed by atoms with Crippen LogP contribution in [0.25, 0.3) is 0 Å². The lowest BCUT2D eigenvalue weighted by atomic mass is 10.3. The number of hydrogen-bond donors (Lipinski definition) is 1. The highest BCUT2D eigenvalue weighted by molar-refractivity contribution is 4.67. The van der Waals surface area contributed by atoms with Crippen molar-refractivity contribution in [3.05, 3.63) is 0 Å². The maximum absolute atomic E-state index is 11.9. The van der Waals surface area contributed by atoms with Crippen LogP contribution >= 0.6 is 0 Å². The summed E-state index contributed by atoms with van der Waals surface area (Å²) >= 11 is 0. The van der Waals surface area contributed by atoms with Crippen molar-refractivity contribution in [3.8, 4) is 0 Å². The lowest BCUT2D eigenvalue weighted by Crippen LogP contribution is -2.31. The molecule has 1 aliphatic heterocycles. The molecule has 0 unspecified atom stereocenters. The summed E-state index contributed by atoms with van der Waals surface area (Å²) in [6.07, 6.45) is -3.76. The minimum Gasteiger partial charge on any atom is -0.315 e. The molecule has 1 rings (SSSR count). The zero-order valence-electron chi connectivity index (χ0n) is 7.53.